The van der Waals surface area contributed by atoms with E-state index >= 15 is 0 Å². The molecule has 0 atom stereocenters. The molecule has 0 aliphatic heterocycles. The molecular weight excluding hydrogens is 256 g/mol. The molecule has 0 unspecified atom stereocenters. The third kappa shape index (κ3) is 2.81. The fourth-order valence-electron chi connectivity index (χ4n) is 2.22. The smallest absolute Gasteiger partial charge is 0.206 e. The van der Waals surface area contributed by atoms with Crippen molar-refractivity contribution in [1.82, 2.24) is 19.3 Å². The van der Waals surface area contributed by atoms with Crippen molar-refractivity contribution < 1.29 is 5.21 Å². The summed E-state index contributed by atoms with van der Waals surface area (Å²) >= 11 is 0. The molecule has 7 nitrogen and oxygen atoms in total. The minimum Gasteiger partial charge on any atom is -0.409 e. The zero-order chi connectivity index (χ0) is 14.5. The van der Waals surface area contributed by atoms with Gasteiger partial charge < -0.3 is 15.5 Å². The maximum Gasteiger partial charge on any atom is 0.206 e. The molecule has 0 radical (unpaired) electrons. The Morgan fingerprint density at radius 3 is 2.80 bits per heavy atom. The number of nitrogens with two attached hydrogens (primary N) is 1. The van der Waals surface area contributed by atoms with Gasteiger partial charge in [-0.1, -0.05) is 19.0 Å². The lowest BCUT2D eigenvalue weighted by molar-refractivity contribution is 0.318. The molecule has 7 heteroatoms. The Balaban J connectivity index is 2.17. The predicted octanol–water partition coefficient (Wildman–Crippen LogP) is 1.58. The van der Waals surface area contributed by atoms with Crippen LogP contribution in [0.1, 0.15) is 44.2 Å². The summed E-state index contributed by atoms with van der Waals surface area (Å²) in [5.74, 6) is 0.430. The second kappa shape index (κ2) is 6.23. The number of imidazole rings is 1. The molecule has 2 rings (SSSR count). The van der Waals surface area contributed by atoms with Crippen LogP contribution in [0, 0.1) is 0 Å². The second-order valence-electron chi connectivity index (χ2n) is 4.62. The molecule has 0 amide bonds. The molecule has 2 aromatic rings. The Hall–Kier alpha value is -2.31. The molecule has 0 aliphatic rings. The first-order chi connectivity index (χ1) is 9.69. The number of rotatable bonds is 6. The van der Waals surface area contributed by atoms with Gasteiger partial charge >= 0.3 is 0 Å². The average Bonchev–Trinajstić information content (AvgIpc) is 3.10. The van der Waals surface area contributed by atoms with Gasteiger partial charge in [-0.2, -0.15) is 5.10 Å². The van der Waals surface area contributed by atoms with Crippen LogP contribution in [0.25, 0.3) is 0 Å². The van der Waals surface area contributed by atoms with Gasteiger partial charge in [0.25, 0.3) is 0 Å². The Morgan fingerprint density at radius 1 is 1.40 bits per heavy atom. The number of hydrogen-bond donors (Lipinski definition) is 2. The van der Waals surface area contributed by atoms with E-state index in [9.17, 15) is 0 Å². The predicted molar refractivity (Wildman–Crippen MR) is 75.7 cm³/mol. The van der Waals surface area contributed by atoms with E-state index in [0.717, 1.165) is 18.5 Å². The lowest BCUT2D eigenvalue weighted by atomic mass is 10.2. The first-order valence-corrected chi connectivity index (χ1v) is 6.72. The minimum absolute atomic E-state index is 0.00516. The van der Waals surface area contributed by atoms with Crippen molar-refractivity contribution in [3.05, 3.63) is 36.2 Å². The highest BCUT2D eigenvalue weighted by Crippen LogP contribution is 2.15. The van der Waals surface area contributed by atoms with Gasteiger partial charge in [0.15, 0.2) is 5.82 Å². The van der Waals surface area contributed by atoms with Crippen molar-refractivity contribution in [2.24, 2.45) is 10.9 Å². The van der Waals surface area contributed by atoms with Crippen LogP contribution in [-0.4, -0.2) is 30.4 Å². The van der Waals surface area contributed by atoms with E-state index < -0.39 is 0 Å². The van der Waals surface area contributed by atoms with E-state index in [1.165, 1.54) is 0 Å². The molecule has 3 N–H and O–H groups in total. The van der Waals surface area contributed by atoms with Crippen molar-refractivity contribution in [2.45, 2.75) is 39.3 Å². The fraction of sp³-hybridized carbons (Fsp3) is 0.462. The fourth-order valence-corrected chi connectivity index (χ4v) is 2.22. The summed E-state index contributed by atoms with van der Waals surface area (Å²) in [6.07, 6.45) is 7.50. The molecule has 0 saturated heterocycles. The van der Waals surface area contributed by atoms with E-state index in [1.54, 1.807) is 17.0 Å². The Bertz CT molecular complexity index is 581. The standard InChI is InChI=1S/C13H20N6O/c1-3-11(4-2)19-7-5-10(16-19)9-18-8-6-15-13(18)12(14)17-20/h5-8,11,20H,3-4,9H2,1-2H3,(H2,14,17). The van der Waals surface area contributed by atoms with Gasteiger partial charge in [-0.05, 0) is 18.9 Å². The normalized spacial score (nSPS) is 12.2. The third-order valence-corrected chi connectivity index (χ3v) is 3.36. The van der Waals surface area contributed by atoms with Crippen LogP contribution in [0.5, 0.6) is 0 Å². The minimum atomic E-state index is -0.00516. The van der Waals surface area contributed by atoms with Gasteiger partial charge in [0.05, 0.1) is 18.3 Å². The van der Waals surface area contributed by atoms with E-state index in [1.807, 2.05) is 16.9 Å². The third-order valence-electron chi connectivity index (χ3n) is 3.36. The Morgan fingerprint density at radius 2 is 2.15 bits per heavy atom. The number of aromatic nitrogens is 4. The molecular formula is C13H20N6O. The van der Waals surface area contributed by atoms with Gasteiger partial charge in [-0.15, -0.1) is 0 Å². The number of hydrogen-bond acceptors (Lipinski definition) is 4. The van der Waals surface area contributed by atoms with E-state index in [4.69, 9.17) is 10.9 Å². The van der Waals surface area contributed by atoms with Gasteiger partial charge in [0.1, 0.15) is 0 Å². The summed E-state index contributed by atoms with van der Waals surface area (Å²) in [6, 6.07) is 2.41. The average molecular weight is 276 g/mol. The van der Waals surface area contributed by atoms with Crippen LogP contribution in [0.2, 0.25) is 0 Å². The molecule has 0 fully saturated rings. The molecule has 0 saturated carbocycles. The molecule has 0 aromatic carbocycles. The summed E-state index contributed by atoms with van der Waals surface area (Å²) in [5, 5.41) is 16.3. The largest absolute Gasteiger partial charge is 0.409 e. The van der Waals surface area contributed by atoms with Crippen LogP contribution in [0.15, 0.2) is 29.8 Å². The van der Waals surface area contributed by atoms with E-state index in [2.05, 4.69) is 29.1 Å². The van der Waals surface area contributed by atoms with Crippen LogP contribution in [0.3, 0.4) is 0 Å². The Kier molecular flexibility index (Phi) is 4.39. The first kappa shape index (κ1) is 14.1. The Labute approximate surface area is 117 Å². The topological polar surface area (TPSA) is 94.2 Å². The van der Waals surface area contributed by atoms with Crippen LogP contribution < -0.4 is 5.73 Å². The van der Waals surface area contributed by atoms with Crippen molar-refractivity contribution >= 4 is 5.84 Å². The van der Waals surface area contributed by atoms with Gasteiger partial charge in [0, 0.05) is 18.6 Å². The number of amidine groups is 1. The molecule has 0 bridgehead atoms. The molecule has 2 heterocycles. The number of oxime groups is 1. The maximum absolute atomic E-state index is 8.73. The quantitative estimate of drug-likeness (QED) is 0.362. The van der Waals surface area contributed by atoms with E-state index in [-0.39, 0.29) is 5.84 Å². The molecule has 0 aliphatic carbocycles. The van der Waals surface area contributed by atoms with Crippen LogP contribution in [0.4, 0.5) is 0 Å². The summed E-state index contributed by atoms with van der Waals surface area (Å²) in [4.78, 5) is 4.07. The van der Waals surface area contributed by atoms with Gasteiger partial charge in [-0.3, -0.25) is 4.68 Å². The molecule has 0 spiro atoms. The van der Waals surface area contributed by atoms with Crippen LogP contribution >= 0.6 is 0 Å². The maximum atomic E-state index is 8.73. The molecule has 2 aromatic heterocycles. The highest BCUT2D eigenvalue weighted by Gasteiger charge is 2.11. The summed E-state index contributed by atoms with van der Waals surface area (Å²) in [6.45, 7) is 4.85. The van der Waals surface area contributed by atoms with Crippen molar-refractivity contribution in [2.75, 3.05) is 0 Å². The van der Waals surface area contributed by atoms with Crippen molar-refractivity contribution in [1.29, 1.82) is 0 Å². The summed E-state index contributed by atoms with van der Waals surface area (Å²) in [5.41, 5.74) is 6.50. The van der Waals surface area contributed by atoms with Gasteiger partial charge in [0.2, 0.25) is 5.84 Å². The lowest BCUT2D eigenvalue weighted by Gasteiger charge is -2.12. The highest BCUT2D eigenvalue weighted by atomic mass is 16.4. The second-order valence-corrected chi connectivity index (χ2v) is 4.62. The van der Waals surface area contributed by atoms with Gasteiger partial charge in [-0.25, -0.2) is 4.98 Å². The monoisotopic (exact) mass is 276 g/mol. The highest BCUT2D eigenvalue weighted by molar-refractivity contribution is 5.93. The van der Waals surface area contributed by atoms with Crippen LogP contribution in [-0.2, 0) is 6.54 Å². The molecule has 108 valence electrons. The first-order valence-electron chi connectivity index (χ1n) is 6.72. The zero-order valence-electron chi connectivity index (χ0n) is 11.8. The summed E-state index contributed by atoms with van der Waals surface area (Å²) < 4.78 is 3.80. The molecule has 20 heavy (non-hydrogen) atoms. The SMILES string of the molecule is CCC(CC)n1ccc(Cn2ccnc2/C(N)=N/O)n1. The lowest BCUT2D eigenvalue weighted by Crippen LogP contribution is -2.20. The van der Waals surface area contributed by atoms with E-state index in [0.29, 0.717) is 18.4 Å². The van der Waals surface area contributed by atoms with Crippen molar-refractivity contribution in [3.63, 3.8) is 0 Å². The van der Waals surface area contributed by atoms with Crippen molar-refractivity contribution in [3.8, 4) is 0 Å². The number of nitrogens with zero attached hydrogens (tertiary/aromatic N) is 5. The summed E-state index contributed by atoms with van der Waals surface area (Å²) in [7, 11) is 0. The zero-order valence-corrected chi connectivity index (χ0v) is 11.8.